The Morgan fingerprint density at radius 3 is 2.32 bits per heavy atom. The lowest BCUT2D eigenvalue weighted by molar-refractivity contribution is 0.311. The van der Waals surface area contributed by atoms with Gasteiger partial charge in [-0.3, -0.25) is 0 Å². The molecule has 0 aliphatic carbocycles. The summed E-state index contributed by atoms with van der Waals surface area (Å²) >= 11 is -1.06. The Bertz CT molecular complexity index is 605. The van der Waals surface area contributed by atoms with E-state index < -0.39 is 11.4 Å². The smallest absolute Gasteiger partial charge is 0.150 e. The molecule has 0 amide bonds. The van der Waals surface area contributed by atoms with E-state index >= 15 is 0 Å². The number of nitrogens with zero attached hydrogens (tertiary/aromatic N) is 1. The topological polar surface area (TPSA) is 58.6 Å². The van der Waals surface area contributed by atoms with Crippen LogP contribution in [0.3, 0.4) is 0 Å². The number of anilines is 1. The molecule has 2 N–H and O–H groups in total. The van der Waals surface area contributed by atoms with Gasteiger partial charge in [0.05, 0.1) is 13.2 Å². The summed E-state index contributed by atoms with van der Waals surface area (Å²) in [5.41, 5.74) is 3.22. The third kappa shape index (κ3) is 7.08. The van der Waals surface area contributed by atoms with E-state index in [1.807, 2.05) is 58.9 Å². The fraction of sp³-hybridized carbons (Fsp3) is 0.400. The molecule has 2 aromatic carbocycles. The van der Waals surface area contributed by atoms with Crippen molar-refractivity contribution in [1.82, 2.24) is 4.31 Å². The summed E-state index contributed by atoms with van der Waals surface area (Å²) in [7, 11) is 0. The molecule has 0 aliphatic heterocycles. The molecule has 1 unspecified atom stereocenters. The van der Waals surface area contributed by atoms with Crippen LogP contribution in [-0.4, -0.2) is 33.7 Å². The summed E-state index contributed by atoms with van der Waals surface area (Å²) in [6.45, 7) is 6.41. The first-order valence-corrected chi connectivity index (χ1v) is 9.97. The first-order valence-electron chi connectivity index (χ1n) is 8.69. The van der Waals surface area contributed by atoms with Gasteiger partial charge in [0.15, 0.2) is 5.75 Å². The van der Waals surface area contributed by atoms with E-state index in [0.29, 0.717) is 24.8 Å². The van der Waals surface area contributed by atoms with Crippen LogP contribution in [0.2, 0.25) is 0 Å². The SMILES string of the molecule is CC(C)CN(Cc1ccc(NCCO)cc1)[S+]([O-])Cc1ccccc1. The van der Waals surface area contributed by atoms with Gasteiger partial charge in [-0.25, -0.2) is 0 Å². The molecule has 5 heteroatoms. The molecule has 25 heavy (non-hydrogen) atoms. The summed E-state index contributed by atoms with van der Waals surface area (Å²) < 4.78 is 14.9. The summed E-state index contributed by atoms with van der Waals surface area (Å²) in [5, 5.41) is 12.0. The fourth-order valence-electron chi connectivity index (χ4n) is 2.57. The first-order chi connectivity index (χ1) is 12.1. The normalized spacial score (nSPS) is 12.6. The van der Waals surface area contributed by atoms with Crippen LogP contribution in [-0.2, 0) is 23.7 Å². The van der Waals surface area contributed by atoms with Crippen LogP contribution in [0.25, 0.3) is 0 Å². The van der Waals surface area contributed by atoms with Gasteiger partial charge < -0.3 is 15.0 Å². The third-order valence-electron chi connectivity index (χ3n) is 3.74. The highest BCUT2D eigenvalue weighted by atomic mass is 32.2. The van der Waals surface area contributed by atoms with Crippen molar-refractivity contribution in [3.05, 3.63) is 65.7 Å². The van der Waals surface area contributed by atoms with Crippen molar-refractivity contribution < 1.29 is 9.66 Å². The Kier molecular flexibility index (Phi) is 8.28. The highest BCUT2D eigenvalue weighted by Crippen LogP contribution is 2.18. The number of hydrogen-bond acceptors (Lipinski definition) is 4. The molecule has 2 rings (SSSR count). The number of aliphatic hydroxyl groups is 1. The predicted molar refractivity (Wildman–Crippen MR) is 106 cm³/mol. The van der Waals surface area contributed by atoms with Gasteiger partial charge in [0.25, 0.3) is 0 Å². The molecular formula is C20H28N2O2S. The van der Waals surface area contributed by atoms with Gasteiger partial charge in [0.2, 0.25) is 0 Å². The zero-order chi connectivity index (χ0) is 18.1. The maximum atomic E-state index is 12.9. The molecule has 4 nitrogen and oxygen atoms in total. The fourth-order valence-corrected chi connectivity index (χ4v) is 3.98. The van der Waals surface area contributed by atoms with Crippen LogP contribution in [0.15, 0.2) is 54.6 Å². The van der Waals surface area contributed by atoms with Gasteiger partial charge in [-0.05, 0) is 23.6 Å². The molecule has 0 aromatic heterocycles. The quantitative estimate of drug-likeness (QED) is 0.638. The van der Waals surface area contributed by atoms with Gasteiger partial charge in [-0.1, -0.05) is 56.3 Å². The maximum Gasteiger partial charge on any atom is 0.150 e. The highest BCUT2D eigenvalue weighted by Gasteiger charge is 2.21. The molecule has 0 saturated heterocycles. The summed E-state index contributed by atoms with van der Waals surface area (Å²) in [6.07, 6.45) is 0. The molecule has 0 aliphatic rings. The van der Waals surface area contributed by atoms with Gasteiger partial charge >= 0.3 is 0 Å². The highest BCUT2D eigenvalue weighted by molar-refractivity contribution is 7.88. The summed E-state index contributed by atoms with van der Waals surface area (Å²) in [6, 6.07) is 18.1. The van der Waals surface area contributed by atoms with Crippen molar-refractivity contribution in [3.63, 3.8) is 0 Å². The van der Waals surface area contributed by atoms with Gasteiger partial charge in [0.1, 0.15) is 0 Å². The predicted octanol–water partition coefficient (Wildman–Crippen LogP) is 3.41. The Labute approximate surface area is 154 Å². The third-order valence-corrected chi connectivity index (χ3v) is 5.18. The zero-order valence-electron chi connectivity index (χ0n) is 15.0. The number of benzene rings is 2. The summed E-state index contributed by atoms with van der Waals surface area (Å²) in [5.74, 6) is 0.995. The van der Waals surface area contributed by atoms with E-state index in [9.17, 15) is 4.55 Å². The molecule has 0 spiro atoms. The Morgan fingerprint density at radius 2 is 1.72 bits per heavy atom. The van der Waals surface area contributed by atoms with Crippen LogP contribution in [0.4, 0.5) is 5.69 Å². The van der Waals surface area contributed by atoms with E-state index in [2.05, 4.69) is 19.2 Å². The first kappa shape index (κ1) is 19.8. The monoisotopic (exact) mass is 360 g/mol. The van der Waals surface area contributed by atoms with E-state index in [1.54, 1.807) is 0 Å². The van der Waals surface area contributed by atoms with E-state index in [4.69, 9.17) is 5.11 Å². The second kappa shape index (κ2) is 10.5. The van der Waals surface area contributed by atoms with Crippen LogP contribution in [0.5, 0.6) is 0 Å². The number of aliphatic hydroxyl groups excluding tert-OH is 1. The number of rotatable bonds is 10. The zero-order valence-corrected chi connectivity index (χ0v) is 15.8. The minimum atomic E-state index is -1.06. The number of hydrogen-bond donors (Lipinski definition) is 2. The van der Waals surface area contributed by atoms with Crippen LogP contribution >= 0.6 is 0 Å². The molecule has 0 saturated carbocycles. The molecule has 0 radical (unpaired) electrons. The minimum Gasteiger partial charge on any atom is -0.598 e. The molecule has 136 valence electrons. The lowest BCUT2D eigenvalue weighted by Crippen LogP contribution is -2.34. The van der Waals surface area contributed by atoms with Crippen molar-refractivity contribution in [3.8, 4) is 0 Å². The van der Waals surface area contributed by atoms with Crippen LogP contribution in [0, 0.1) is 5.92 Å². The van der Waals surface area contributed by atoms with E-state index in [0.717, 1.165) is 23.4 Å². The molecule has 2 aromatic rings. The largest absolute Gasteiger partial charge is 0.598 e. The minimum absolute atomic E-state index is 0.113. The molecule has 0 fully saturated rings. The van der Waals surface area contributed by atoms with Gasteiger partial charge in [-0.2, -0.15) is 0 Å². The lowest BCUT2D eigenvalue weighted by Gasteiger charge is -2.26. The van der Waals surface area contributed by atoms with Crippen molar-refractivity contribution in [2.24, 2.45) is 5.92 Å². The Hall–Kier alpha value is -1.53. The molecular weight excluding hydrogens is 332 g/mol. The van der Waals surface area contributed by atoms with Crippen LogP contribution in [0.1, 0.15) is 25.0 Å². The van der Waals surface area contributed by atoms with E-state index in [1.165, 1.54) is 0 Å². The number of nitrogens with one attached hydrogen (secondary N) is 1. The van der Waals surface area contributed by atoms with Crippen molar-refractivity contribution in [1.29, 1.82) is 0 Å². The lowest BCUT2D eigenvalue weighted by atomic mass is 10.2. The van der Waals surface area contributed by atoms with Crippen molar-refractivity contribution in [2.75, 3.05) is 25.0 Å². The summed E-state index contributed by atoms with van der Waals surface area (Å²) in [4.78, 5) is 0. The second-order valence-corrected chi connectivity index (χ2v) is 7.96. The standard InChI is InChI=1S/C20H28N2O2S/c1-17(2)14-22(25(24)16-19-6-4-3-5-7-19)15-18-8-10-20(11-9-18)21-12-13-23/h3-11,17,21,23H,12-16H2,1-2H3. The maximum absolute atomic E-state index is 12.9. The van der Waals surface area contributed by atoms with Crippen molar-refractivity contribution in [2.45, 2.75) is 26.1 Å². The molecule has 0 heterocycles. The molecule has 1 atom stereocenters. The molecule has 0 bridgehead atoms. The van der Waals surface area contributed by atoms with Gasteiger partial charge in [0, 0.05) is 35.7 Å². The average Bonchev–Trinajstić information content (AvgIpc) is 2.61. The van der Waals surface area contributed by atoms with E-state index in [-0.39, 0.29) is 6.61 Å². The van der Waals surface area contributed by atoms with Crippen LogP contribution < -0.4 is 5.32 Å². The average molecular weight is 361 g/mol. The van der Waals surface area contributed by atoms with Gasteiger partial charge in [-0.15, -0.1) is 4.31 Å². The second-order valence-electron chi connectivity index (χ2n) is 6.52. The van der Waals surface area contributed by atoms with Crippen molar-refractivity contribution >= 4 is 17.0 Å². The Balaban J connectivity index is 2.01. The Morgan fingerprint density at radius 1 is 1.04 bits per heavy atom.